The summed E-state index contributed by atoms with van der Waals surface area (Å²) in [6.07, 6.45) is -1.31. The van der Waals surface area contributed by atoms with E-state index in [1.54, 1.807) is 20.8 Å². The average Bonchev–Trinajstić information content (AvgIpc) is 2.36. The van der Waals surface area contributed by atoms with Gasteiger partial charge in [0.25, 0.3) is 5.92 Å². The van der Waals surface area contributed by atoms with Crippen LogP contribution in [0.2, 0.25) is 0 Å². The summed E-state index contributed by atoms with van der Waals surface area (Å²) in [5.41, 5.74) is 4.79. The maximum absolute atomic E-state index is 13.2. The van der Waals surface area contributed by atoms with Crippen LogP contribution in [-0.4, -0.2) is 30.2 Å². The van der Waals surface area contributed by atoms with Crippen molar-refractivity contribution in [1.82, 2.24) is 5.32 Å². The van der Waals surface area contributed by atoms with Gasteiger partial charge in [-0.2, -0.15) is 0 Å². The Morgan fingerprint density at radius 3 is 2.53 bits per heavy atom. The van der Waals surface area contributed by atoms with Gasteiger partial charge in [0.1, 0.15) is 5.60 Å². The molecule has 1 fully saturated rings. The molecule has 17 heavy (non-hydrogen) atoms. The number of alkyl carbamates (subject to hydrolysis) is 1. The number of carbonyl (C=O) groups is 1. The summed E-state index contributed by atoms with van der Waals surface area (Å²) in [7, 11) is 0. The molecule has 0 bridgehead atoms. The molecular weight excluding hydrogens is 230 g/mol. The minimum absolute atomic E-state index is 0.135. The molecule has 1 saturated carbocycles. The Morgan fingerprint density at radius 2 is 2.06 bits per heavy atom. The van der Waals surface area contributed by atoms with Gasteiger partial charge in [0.2, 0.25) is 0 Å². The molecule has 0 heterocycles. The Bertz CT molecular complexity index is 290. The SMILES string of the molecule is CC(C)(C)OC(=O)NC1CC(F)(F)CC1CN. The zero-order valence-electron chi connectivity index (χ0n) is 10.4. The van der Waals surface area contributed by atoms with E-state index in [0.29, 0.717) is 0 Å². The number of ether oxygens (including phenoxy) is 1. The second-order valence-electron chi connectivity index (χ2n) is 5.51. The van der Waals surface area contributed by atoms with Gasteiger partial charge in [-0.1, -0.05) is 0 Å². The molecular formula is C11H20F2N2O2. The van der Waals surface area contributed by atoms with Gasteiger partial charge < -0.3 is 15.8 Å². The third-order valence-corrected chi connectivity index (χ3v) is 2.65. The molecule has 100 valence electrons. The summed E-state index contributed by atoms with van der Waals surface area (Å²) < 4.78 is 31.4. The summed E-state index contributed by atoms with van der Waals surface area (Å²) in [4.78, 5) is 11.5. The Kier molecular flexibility index (Phi) is 3.96. The lowest BCUT2D eigenvalue weighted by Crippen LogP contribution is -2.42. The van der Waals surface area contributed by atoms with Crippen LogP contribution in [0.3, 0.4) is 0 Å². The third-order valence-electron chi connectivity index (χ3n) is 2.65. The number of nitrogens with one attached hydrogen (secondary N) is 1. The number of amides is 1. The molecule has 0 aromatic heterocycles. The molecule has 1 aliphatic carbocycles. The smallest absolute Gasteiger partial charge is 0.407 e. The van der Waals surface area contributed by atoms with Crippen molar-refractivity contribution in [2.75, 3.05) is 6.54 Å². The van der Waals surface area contributed by atoms with E-state index in [4.69, 9.17) is 10.5 Å². The monoisotopic (exact) mass is 250 g/mol. The summed E-state index contributed by atoms with van der Waals surface area (Å²) in [5.74, 6) is -3.14. The number of nitrogens with two attached hydrogens (primary N) is 1. The maximum atomic E-state index is 13.2. The van der Waals surface area contributed by atoms with Gasteiger partial charge in [-0.3, -0.25) is 0 Å². The second kappa shape index (κ2) is 4.76. The lowest BCUT2D eigenvalue weighted by Gasteiger charge is -2.23. The van der Waals surface area contributed by atoms with Crippen LogP contribution in [0.5, 0.6) is 0 Å². The van der Waals surface area contributed by atoms with E-state index in [1.807, 2.05) is 0 Å². The Morgan fingerprint density at radius 1 is 1.47 bits per heavy atom. The zero-order chi connectivity index (χ0) is 13.3. The lowest BCUT2D eigenvalue weighted by molar-refractivity contribution is 0.00349. The number of hydrogen-bond donors (Lipinski definition) is 2. The van der Waals surface area contributed by atoms with Gasteiger partial charge in [-0.05, 0) is 33.2 Å². The van der Waals surface area contributed by atoms with Crippen molar-refractivity contribution >= 4 is 6.09 Å². The predicted molar refractivity (Wildman–Crippen MR) is 59.9 cm³/mol. The first kappa shape index (κ1) is 14.2. The minimum Gasteiger partial charge on any atom is -0.444 e. The highest BCUT2D eigenvalue weighted by atomic mass is 19.3. The van der Waals surface area contributed by atoms with Crippen molar-refractivity contribution < 1.29 is 18.3 Å². The number of hydrogen-bond acceptors (Lipinski definition) is 3. The largest absolute Gasteiger partial charge is 0.444 e. The first-order chi connectivity index (χ1) is 7.63. The summed E-state index contributed by atoms with van der Waals surface area (Å²) in [5, 5.41) is 2.47. The molecule has 0 spiro atoms. The number of halogens is 2. The van der Waals surface area contributed by atoms with Gasteiger partial charge in [0.05, 0.1) is 0 Å². The van der Waals surface area contributed by atoms with Crippen molar-refractivity contribution in [1.29, 1.82) is 0 Å². The van der Waals surface area contributed by atoms with Gasteiger partial charge in [0.15, 0.2) is 0 Å². The van der Waals surface area contributed by atoms with E-state index < -0.39 is 29.6 Å². The molecule has 0 aliphatic heterocycles. The molecule has 0 aromatic rings. The van der Waals surface area contributed by atoms with Crippen LogP contribution in [0.15, 0.2) is 0 Å². The predicted octanol–water partition coefficient (Wildman–Crippen LogP) is 1.88. The number of alkyl halides is 2. The van der Waals surface area contributed by atoms with Gasteiger partial charge in [0, 0.05) is 18.9 Å². The highest BCUT2D eigenvalue weighted by molar-refractivity contribution is 5.68. The normalized spacial score (nSPS) is 27.9. The van der Waals surface area contributed by atoms with Crippen LogP contribution in [-0.2, 0) is 4.74 Å². The van der Waals surface area contributed by atoms with E-state index in [1.165, 1.54) is 0 Å². The molecule has 1 rings (SSSR count). The Balaban J connectivity index is 2.53. The van der Waals surface area contributed by atoms with Crippen LogP contribution in [0.1, 0.15) is 33.6 Å². The summed E-state index contributed by atoms with van der Waals surface area (Å²) >= 11 is 0. The van der Waals surface area contributed by atoms with Gasteiger partial charge in [-0.25, -0.2) is 13.6 Å². The summed E-state index contributed by atoms with van der Waals surface area (Å²) in [6.45, 7) is 5.29. The zero-order valence-corrected chi connectivity index (χ0v) is 10.4. The van der Waals surface area contributed by atoms with Crippen molar-refractivity contribution in [3.63, 3.8) is 0 Å². The van der Waals surface area contributed by atoms with E-state index in [9.17, 15) is 13.6 Å². The van der Waals surface area contributed by atoms with E-state index in [-0.39, 0.29) is 19.4 Å². The van der Waals surface area contributed by atoms with Crippen LogP contribution >= 0.6 is 0 Å². The average molecular weight is 250 g/mol. The lowest BCUT2D eigenvalue weighted by atomic mass is 10.0. The third kappa shape index (κ3) is 4.46. The van der Waals surface area contributed by atoms with Gasteiger partial charge >= 0.3 is 6.09 Å². The molecule has 0 radical (unpaired) electrons. The first-order valence-electron chi connectivity index (χ1n) is 5.70. The highest BCUT2D eigenvalue weighted by Crippen LogP contribution is 2.38. The number of rotatable bonds is 2. The fourth-order valence-electron chi connectivity index (χ4n) is 1.97. The molecule has 2 unspecified atom stereocenters. The van der Waals surface area contributed by atoms with E-state index >= 15 is 0 Å². The highest BCUT2D eigenvalue weighted by Gasteiger charge is 2.46. The van der Waals surface area contributed by atoms with Gasteiger partial charge in [-0.15, -0.1) is 0 Å². The molecule has 2 atom stereocenters. The van der Waals surface area contributed by atoms with Crippen molar-refractivity contribution in [3.8, 4) is 0 Å². The van der Waals surface area contributed by atoms with Crippen LogP contribution in [0.4, 0.5) is 13.6 Å². The topological polar surface area (TPSA) is 64.3 Å². The van der Waals surface area contributed by atoms with Crippen LogP contribution < -0.4 is 11.1 Å². The first-order valence-corrected chi connectivity index (χ1v) is 5.70. The molecule has 6 heteroatoms. The number of carbonyl (C=O) groups excluding carboxylic acids is 1. The maximum Gasteiger partial charge on any atom is 0.407 e. The Hall–Kier alpha value is -0.910. The standard InChI is InChI=1S/C11H20F2N2O2/c1-10(2,3)17-9(16)15-8-5-11(12,13)4-7(8)6-14/h7-8H,4-6,14H2,1-3H3,(H,15,16). The molecule has 1 aliphatic rings. The fraction of sp³-hybridized carbons (Fsp3) is 0.909. The minimum atomic E-state index is -2.75. The molecule has 0 saturated heterocycles. The van der Waals surface area contributed by atoms with E-state index in [2.05, 4.69) is 5.32 Å². The Labute approximate surface area is 99.9 Å². The van der Waals surface area contributed by atoms with E-state index in [0.717, 1.165) is 0 Å². The van der Waals surface area contributed by atoms with Crippen molar-refractivity contribution in [3.05, 3.63) is 0 Å². The van der Waals surface area contributed by atoms with Crippen LogP contribution in [0, 0.1) is 5.92 Å². The van der Waals surface area contributed by atoms with Crippen molar-refractivity contribution in [2.24, 2.45) is 11.7 Å². The quantitative estimate of drug-likeness (QED) is 0.786. The second-order valence-corrected chi connectivity index (χ2v) is 5.51. The fourth-order valence-corrected chi connectivity index (χ4v) is 1.97. The summed E-state index contributed by atoms with van der Waals surface area (Å²) in [6, 6.07) is -0.607. The molecule has 0 aromatic carbocycles. The molecule has 3 N–H and O–H groups in total. The molecule has 1 amide bonds. The molecule has 4 nitrogen and oxygen atoms in total. The van der Waals surface area contributed by atoms with Crippen LogP contribution in [0.25, 0.3) is 0 Å². The van der Waals surface area contributed by atoms with Crippen molar-refractivity contribution in [2.45, 2.75) is 51.2 Å².